The number of benzene rings is 1. The maximum absolute atomic E-state index is 12.8. The second-order valence-electron chi connectivity index (χ2n) is 8.73. The molecule has 1 aromatic carbocycles. The zero-order valence-electron chi connectivity index (χ0n) is 18.8. The van der Waals surface area contributed by atoms with Crippen molar-refractivity contribution in [1.82, 2.24) is 19.9 Å². The highest BCUT2D eigenvalue weighted by Gasteiger charge is 2.35. The van der Waals surface area contributed by atoms with Crippen molar-refractivity contribution in [3.63, 3.8) is 0 Å². The van der Waals surface area contributed by atoms with Gasteiger partial charge in [-0.05, 0) is 43.9 Å². The SMILES string of the molecule is Cc1nc(C2CCN(C(=O)c3ccccn3)C2)nc2c1CC(=O)N2CCCc1ccccc1. The second kappa shape index (κ2) is 9.10. The molecule has 0 bridgehead atoms. The summed E-state index contributed by atoms with van der Waals surface area (Å²) >= 11 is 0. The highest BCUT2D eigenvalue weighted by atomic mass is 16.2. The zero-order valence-corrected chi connectivity index (χ0v) is 18.8. The molecule has 2 aromatic heterocycles. The number of aryl methyl sites for hydroxylation is 2. The highest BCUT2D eigenvalue weighted by Crippen LogP contribution is 2.33. The number of rotatable bonds is 6. The van der Waals surface area contributed by atoms with Crippen LogP contribution in [0.2, 0.25) is 0 Å². The van der Waals surface area contributed by atoms with E-state index in [0.717, 1.165) is 42.2 Å². The van der Waals surface area contributed by atoms with Crippen molar-refractivity contribution in [2.24, 2.45) is 0 Å². The quantitative estimate of drug-likeness (QED) is 0.586. The first-order valence-electron chi connectivity index (χ1n) is 11.5. The Hall–Kier alpha value is -3.61. The molecular weight excluding hydrogens is 414 g/mol. The van der Waals surface area contributed by atoms with Crippen molar-refractivity contribution in [3.05, 3.63) is 83.1 Å². The van der Waals surface area contributed by atoms with Crippen molar-refractivity contribution >= 4 is 17.6 Å². The first-order valence-corrected chi connectivity index (χ1v) is 11.5. The van der Waals surface area contributed by atoms with Gasteiger partial charge in [-0.3, -0.25) is 19.5 Å². The van der Waals surface area contributed by atoms with E-state index in [-0.39, 0.29) is 17.7 Å². The van der Waals surface area contributed by atoms with Gasteiger partial charge in [-0.25, -0.2) is 9.97 Å². The molecule has 168 valence electrons. The summed E-state index contributed by atoms with van der Waals surface area (Å²) in [6, 6.07) is 15.7. The molecule has 1 fully saturated rings. The third-order valence-electron chi connectivity index (χ3n) is 6.51. The molecule has 1 unspecified atom stereocenters. The molecule has 7 heteroatoms. The predicted molar refractivity (Wildman–Crippen MR) is 125 cm³/mol. The minimum Gasteiger partial charge on any atom is -0.337 e. The van der Waals surface area contributed by atoms with Gasteiger partial charge in [-0.1, -0.05) is 36.4 Å². The summed E-state index contributed by atoms with van der Waals surface area (Å²) in [6.07, 6.45) is 4.60. The number of amides is 2. The van der Waals surface area contributed by atoms with E-state index in [1.807, 2.05) is 41.0 Å². The van der Waals surface area contributed by atoms with E-state index in [1.54, 1.807) is 18.3 Å². The molecule has 7 nitrogen and oxygen atoms in total. The third-order valence-corrected chi connectivity index (χ3v) is 6.51. The lowest BCUT2D eigenvalue weighted by Crippen LogP contribution is -2.30. The van der Waals surface area contributed by atoms with Gasteiger partial charge in [0.1, 0.15) is 17.3 Å². The van der Waals surface area contributed by atoms with Crippen molar-refractivity contribution < 1.29 is 9.59 Å². The average molecular weight is 442 g/mol. The van der Waals surface area contributed by atoms with Crippen LogP contribution >= 0.6 is 0 Å². The Balaban J connectivity index is 1.30. The maximum Gasteiger partial charge on any atom is 0.272 e. The standard InChI is InChI=1S/C26H27N5O2/c1-18-21-16-23(32)31(14-7-10-19-8-3-2-4-9-19)25(21)29-24(28-18)20-12-15-30(17-20)26(33)22-11-5-6-13-27-22/h2-6,8-9,11,13,20H,7,10,12,14-17H2,1H3. The molecule has 0 spiro atoms. The number of carbonyl (C=O) groups excluding carboxylic acids is 2. The fourth-order valence-corrected chi connectivity index (χ4v) is 4.70. The number of fused-ring (bicyclic) bond motifs is 1. The number of pyridine rings is 1. The summed E-state index contributed by atoms with van der Waals surface area (Å²) in [5.41, 5.74) is 3.53. The van der Waals surface area contributed by atoms with Crippen LogP contribution in [0.5, 0.6) is 0 Å². The first-order chi connectivity index (χ1) is 16.1. The van der Waals surface area contributed by atoms with E-state index in [2.05, 4.69) is 17.1 Å². The summed E-state index contributed by atoms with van der Waals surface area (Å²) in [5.74, 6) is 1.57. The minimum atomic E-state index is -0.0614. The zero-order chi connectivity index (χ0) is 22.8. The number of carbonyl (C=O) groups is 2. The van der Waals surface area contributed by atoms with Crippen LogP contribution in [0.15, 0.2) is 54.7 Å². The van der Waals surface area contributed by atoms with E-state index < -0.39 is 0 Å². The van der Waals surface area contributed by atoms with Gasteiger partial charge in [-0.2, -0.15) is 0 Å². The van der Waals surface area contributed by atoms with E-state index >= 15 is 0 Å². The summed E-state index contributed by atoms with van der Waals surface area (Å²) in [6.45, 7) is 3.82. The molecular formula is C26H27N5O2. The van der Waals surface area contributed by atoms with Crippen LogP contribution in [0, 0.1) is 6.92 Å². The Morgan fingerprint density at radius 2 is 1.91 bits per heavy atom. The van der Waals surface area contributed by atoms with Gasteiger partial charge in [0, 0.05) is 43.0 Å². The number of aromatic nitrogens is 3. The van der Waals surface area contributed by atoms with Crippen molar-refractivity contribution in [2.75, 3.05) is 24.5 Å². The summed E-state index contributed by atoms with van der Waals surface area (Å²) in [5, 5.41) is 0. The number of anilines is 1. The van der Waals surface area contributed by atoms with E-state index in [4.69, 9.17) is 9.97 Å². The molecule has 0 aliphatic carbocycles. The van der Waals surface area contributed by atoms with Gasteiger partial charge < -0.3 is 4.90 Å². The van der Waals surface area contributed by atoms with Gasteiger partial charge in [0.05, 0.1) is 6.42 Å². The van der Waals surface area contributed by atoms with Gasteiger partial charge in [0.2, 0.25) is 5.91 Å². The molecule has 2 amide bonds. The average Bonchev–Trinajstić information content (AvgIpc) is 3.46. The van der Waals surface area contributed by atoms with Crippen LogP contribution in [0.3, 0.4) is 0 Å². The molecule has 33 heavy (non-hydrogen) atoms. The molecule has 0 N–H and O–H groups in total. The number of hydrogen-bond acceptors (Lipinski definition) is 5. The molecule has 0 saturated carbocycles. The molecule has 4 heterocycles. The lowest BCUT2D eigenvalue weighted by Gasteiger charge is -2.19. The number of likely N-dealkylation sites (tertiary alicyclic amines) is 1. The Morgan fingerprint density at radius 3 is 2.70 bits per heavy atom. The maximum atomic E-state index is 12.8. The third kappa shape index (κ3) is 4.35. The van der Waals surface area contributed by atoms with Gasteiger partial charge >= 0.3 is 0 Å². The fourth-order valence-electron chi connectivity index (χ4n) is 4.70. The topological polar surface area (TPSA) is 79.3 Å². The van der Waals surface area contributed by atoms with Crippen LogP contribution in [0.25, 0.3) is 0 Å². The van der Waals surface area contributed by atoms with E-state index in [0.29, 0.717) is 31.7 Å². The van der Waals surface area contributed by atoms with Crippen molar-refractivity contribution in [2.45, 2.75) is 38.5 Å². The second-order valence-corrected chi connectivity index (χ2v) is 8.73. The molecule has 2 aliphatic heterocycles. The van der Waals surface area contributed by atoms with Gasteiger partial charge in [0.25, 0.3) is 5.91 Å². The lowest BCUT2D eigenvalue weighted by molar-refractivity contribution is -0.117. The Labute approximate surface area is 193 Å². The summed E-state index contributed by atoms with van der Waals surface area (Å²) in [4.78, 5) is 43.0. The molecule has 0 radical (unpaired) electrons. The van der Waals surface area contributed by atoms with Gasteiger partial charge in [0.15, 0.2) is 0 Å². The van der Waals surface area contributed by atoms with Crippen LogP contribution in [-0.4, -0.2) is 51.3 Å². The molecule has 1 saturated heterocycles. The van der Waals surface area contributed by atoms with Crippen molar-refractivity contribution in [1.29, 1.82) is 0 Å². The highest BCUT2D eigenvalue weighted by molar-refractivity contribution is 6.00. The van der Waals surface area contributed by atoms with Crippen LogP contribution in [0.4, 0.5) is 5.82 Å². The summed E-state index contributed by atoms with van der Waals surface area (Å²) in [7, 11) is 0. The van der Waals surface area contributed by atoms with Crippen molar-refractivity contribution in [3.8, 4) is 0 Å². The molecule has 5 rings (SSSR count). The smallest absolute Gasteiger partial charge is 0.272 e. The lowest BCUT2D eigenvalue weighted by atomic mass is 10.1. The molecule has 2 aliphatic rings. The van der Waals surface area contributed by atoms with E-state index in [1.165, 1.54) is 5.56 Å². The van der Waals surface area contributed by atoms with E-state index in [9.17, 15) is 9.59 Å². The number of hydrogen-bond donors (Lipinski definition) is 0. The Morgan fingerprint density at radius 1 is 1.09 bits per heavy atom. The fraction of sp³-hybridized carbons (Fsp3) is 0.346. The summed E-state index contributed by atoms with van der Waals surface area (Å²) < 4.78 is 0. The predicted octanol–water partition coefficient (Wildman–Crippen LogP) is 3.33. The van der Waals surface area contributed by atoms with Crippen LogP contribution in [0.1, 0.15) is 51.9 Å². The van der Waals surface area contributed by atoms with Gasteiger partial charge in [-0.15, -0.1) is 0 Å². The minimum absolute atomic E-state index is 0.0588. The number of nitrogens with zero attached hydrogens (tertiary/aromatic N) is 5. The normalized spacial score (nSPS) is 17.5. The first kappa shape index (κ1) is 21.2. The Bertz CT molecular complexity index is 1170. The Kier molecular flexibility index (Phi) is 5.86. The monoisotopic (exact) mass is 441 g/mol. The van der Waals surface area contributed by atoms with Crippen LogP contribution in [-0.2, 0) is 17.6 Å². The molecule has 3 aromatic rings. The van der Waals surface area contributed by atoms with Crippen LogP contribution < -0.4 is 4.90 Å². The largest absolute Gasteiger partial charge is 0.337 e. The molecule has 1 atom stereocenters.